The Morgan fingerprint density at radius 3 is 2.41 bits per heavy atom. The highest BCUT2D eigenvalue weighted by atomic mass is 32.1. The molecular weight excluding hydrogens is 437 g/mol. The molecule has 1 aromatic heterocycles. The van der Waals surface area contributed by atoms with Crippen molar-refractivity contribution in [3.8, 4) is 16.9 Å². The quantitative estimate of drug-likeness (QED) is 0.375. The lowest BCUT2D eigenvalue weighted by molar-refractivity contribution is -0.153. The van der Waals surface area contributed by atoms with E-state index in [4.69, 9.17) is 9.84 Å². The van der Waals surface area contributed by atoms with E-state index >= 15 is 0 Å². The van der Waals surface area contributed by atoms with Gasteiger partial charge in [0.25, 0.3) is 0 Å². The fourth-order valence-electron chi connectivity index (χ4n) is 3.15. The van der Waals surface area contributed by atoms with Gasteiger partial charge in [-0.05, 0) is 47.7 Å². The molecule has 0 saturated carbocycles. The van der Waals surface area contributed by atoms with Crippen LogP contribution in [0.4, 0.5) is 13.2 Å². The summed E-state index contributed by atoms with van der Waals surface area (Å²) in [4.78, 5) is 11.8. The Morgan fingerprint density at radius 2 is 1.81 bits per heavy atom. The molecule has 0 spiro atoms. The van der Waals surface area contributed by atoms with Crippen molar-refractivity contribution in [2.45, 2.75) is 46.7 Å². The molecule has 3 rings (SSSR count). The number of carboxylic acids is 1. The van der Waals surface area contributed by atoms with Crippen LogP contribution < -0.4 is 4.74 Å². The Bertz CT molecular complexity index is 1110. The van der Waals surface area contributed by atoms with E-state index in [-0.39, 0.29) is 11.7 Å². The van der Waals surface area contributed by atoms with Gasteiger partial charge in [-0.1, -0.05) is 52.0 Å². The van der Waals surface area contributed by atoms with Crippen LogP contribution in [0.2, 0.25) is 0 Å². The molecule has 0 aliphatic carbocycles. The van der Waals surface area contributed by atoms with Gasteiger partial charge in [-0.2, -0.15) is 13.2 Å². The zero-order valence-electron chi connectivity index (χ0n) is 18.7. The maximum atomic E-state index is 12.8. The van der Waals surface area contributed by atoms with Crippen molar-refractivity contribution >= 4 is 33.0 Å². The Morgan fingerprint density at radius 1 is 1.12 bits per heavy atom. The molecule has 0 unspecified atom stereocenters. The van der Waals surface area contributed by atoms with Gasteiger partial charge < -0.3 is 9.84 Å². The third-order valence-corrected chi connectivity index (χ3v) is 5.88. The summed E-state index contributed by atoms with van der Waals surface area (Å²) >= 11 is 1.44. The van der Waals surface area contributed by atoms with Gasteiger partial charge in [-0.15, -0.1) is 11.3 Å². The molecule has 2 aromatic carbocycles. The summed E-state index contributed by atoms with van der Waals surface area (Å²) in [7, 11) is 0. The number of halogens is 3. The van der Waals surface area contributed by atoms with Crippen LogP contribution in [0.3, 0.4) is 0 Å². The minimum atomic E-state index is -4.44. The summed E-state index contributed by atoms with van der Waals surface area (Å²) in [6.07, 6.45) is -3.30. The van der Waals surface area contributed by atoms with Crippen LogP contribution in [0.25, 0.3) is 26.8 Å². The average molecular weight is 465 g/mol. The highest BCUT2D eigenvalue weighted by molar-refractivity contribution is 7.20. The highest BCUT2D eigenvalue weighted by Gasteiger charge is 2.29. The largest absolute Gasteiger partial charge is 0.483 e. The number of alkyl halides is 3. The number of carbonyl (C=O) groups is 1. The predicted molar refractivity (Wildman–Crippen MR) is 126 cm³/mol. The predicted octanol–water partition coefficient (Wildman–Crippen LogP) is 8.15. The number of benzene rings is 2. The van der Waals surface area contributed by atoms with Gasteiger partial charge in [0.05, 0.1) is 0 Å². The molecule has 0 atom stereocenters. The number of allylic oxidation sites excluding steroid dienone is 1. The van der Waals surface area contributed by atoms with Crippen molar-refractivity contribution in [2.75, 3.05) is 6.61 Å². The zero-order chi connectivity index (χ0) is 24.1. The molecule has 0 aliphatic rings. The summed E-state index contributed by atoms with van der Waals surface area (Å²) in [5.41, 5.74) is 2.80. The van der Waals surface area contributed by atoms with Crippen molar-refractivity contribution in [1.82, 2.24) is 0 Å². The molecule has 0 bridgehead atoms. The monoisotopic (exact) mass is 464 g/mol. The number of ether oxygens (including phenoxy) is 1. The van der Waals surface area contributed by atoms with Crippen LogP contribution >= 0.6 is 11.3 Å². The van der Waals surface area contributed by atoms with Crippen molar-refractivity contribution in [3.05, 3.63) is 59.0 Å². The number of fused-ring (bicyclic) bond motifs is 1. The van der Waals surface area contributed by atoms with E-state index in [1.54, 1.807) is 19.1 Å². The number of thiophene rings is 1. The third kappa shape index (κ3) is 6.36. The van der Waals surface area contributed by atoms with Crippen LogP contribution in [0.1, 0.15) is 51.0 Å². The Kier molecular flexibility index (Phi) is 8.50. The lowest BCUT2D eigenvalue weighted by Gasteiger charge is -2.16. The normalized spacial score (nSPS) is 12.0. The van der Waals surface area contributed by atoms with Gasteiger partial charge >= 0.3 is 12.1 Å². The van der Waals surface area contributed by atoms with E-state index in [2.05, 4.69) is 0 Å². The molecule has 1 heterocycles. The molecule has 32 heavy (non-hydrogen) atoms. The smallest absolute Gasteiger partial charge is 0.422 e. The molecule has 0 saturated heterocycles. The standard InChI is InChI=1S/C23H21F3O3S.C2H6/c1-13(2)15-7-8-17(19(10-15)29-12-23(24,25)26)16-5-4-6-20-18(16)11-21(30-20)14(3)9-22(27)28;1-2/h4-11,13H,12H2,1-3H3,(H,27,28);1-2H3/b14-9-;. The molecule has 3 aromatic rings. The van der Waals surface area contributed by atoms with Gasteiger partial charge in [0.2, 0.25) is 0 Å². The second-order valence-electron chi connectivity index (χ2n) is 7.31. The second-order valence-corrected chi connectivity index (χ2v) is 8.39. The lowest BCUT2D eigenvalue weighted by atomic mass is 9.96. The number of rotatable bonds is 6. The first kappa shape index (κ1) is 25.5. The van der Waals surface area contributed by atoms with Crippen LogP contribution in [-0.4, -0.2) is 23.9 Å². The highest BCUT2D eigenvalue weighted by Crippen LogP contribution is 2.41. The number of hydrogen-bond acceptors (Lipinski definition) is 3. The first-order valence-electron chi connectivity index (χ1n) is 10.3. The Balaban J connectivity index is 0.00000176. The molecule has 7 heteroatoms. The van der Waals surface area contributed by atoms with Crippen molar-refractivity contribution in [2.24, 2.45) is 0 Å². The van der Waals surface area contributed by atoms with E-state index in [1.165, 1.54) is 11.3 Å². The van der Waals surface area contributed by atoms with Crippen molar-refractivity contribution in [3.63, 3.8) is 0 Å². The average Bonchev–Trinajstić information content (AvgIpc) is 3.17. The van der Waals surface area contributed by atoms with Crippen LogP contribution in [0.5, 0.6) is 5.75 Å². The molecule has 0 radical (unpaired) electrons. The van der Waals surface area contributed by atoms with E-state index in [9.17, 15) is 18.0 Å². The summed E-state index contributed by atoms with van der Waals surface area (Å²) in [6, 6.07) is 12.8. The van der Waals surface area contributed by atoms with Crippen LogP contribution in [0.15, 0.2) is 48.5 Å². The maximum Gasteiger partial charge on any atom is 0.422 e. The maximum absolute atomic E-state index is 12.8. The number of carboxylic acid groups (broad SMARTS) is 1. The van der Waals surface area contributed by atoms with Gasteiger partial charge in [-0.25, -0.2) is 4.79 Å². The Labute approximate surface area is 190 Å². The SMILES string of the molecule is C/C(=C/C(=O)O)c1cc2c(-c3ccc(C(C)C)cc3OCC(F)(F)F)cccc2s1.CC. The number of aliphatic carboxylic acids is 1. The molecule has 0 amide bonds. The minimum Gasteiger partial charge on any atom is -0.483 e. The fraction of sp³-hybridized carbons (Fsp3) is 0.320. The first-order valence-corrected chi connectivity index (χ1v) is 11.1. The molecule has 1 N–H and O–H groups in total. The van der Waals surface area contributed by atoms with E-state index in [0.29, 0.717) is 11.1 Å². The summed E-state index contributed by atoms with van der Waals surface area (Å²) in [6.45, 7) is 8.28. The second kappa shape index (κ2) is 10.7. The summed E-state index contributed by atoms with van der Waals surface area (Å²) in [5, 5.41) is 9.84. The number of hydrogen-bond donors (Lipinski definition) is 1. The fourth-order valence-corrected chi connectivity index (χ4v) is 4.21. The lowest BCUT2D eigenvalue weighted by Crippen LogP contribution is -2.19. The minimum absolute atomic E-state index is 0.139. The molecule has 172 valence electrons. The van der Waals surface area contributed by atoms with Gasteiger partial charge in [-0.3, -0.25) is 0 Å². The molecule has 3 nitrogen and oxygen atoms in total. The zero-order valence-corrected chi connectivity index (χ0v) is 19.5. The van der Waals surface area contributed by atoms with E-state index < -0.39 is 18.8 Å². The topological polar surface area (TPSA) is 46.5 Å². The molecule has 0 aliphatic heterocycles. The van der Waals surface area contributed by atoms with Crippen molar-refractivity contribution in [1.29, 1.82) is 0 Å². The van der Waals surface area contributed by atoms with Crippen LogP contribution in [0, 0.1) is 0 Å². The van der Waals surface area contributed by atoms with Crippen molar-refractivity contribution < 1.29 is 27.8 Å². The third-order valence-electron chi connectivity index (χ3n) is 4.64. The van der Waals surface area contributed by atoms with Gasteiger partial charge in [0.1, 0.15) is 5.75 Å². The molecule has 0 fully saturated rings. The molecular formula is C25H27F3O3S. The van der Waals surface area contributed by atoms with E-state index in [0.717, 1.165) is 32.2 Å². The Hall–Kier alpha value is -2.80. The van der Waals surface area contributed by atoms with Gasteiger partial charge in [0.15, 0.2) is 6.61 Å². The van der Waals surface area contributed by atoms with E-state index in [1.807, 2.05) is 58.0 Å². The van der Waals surface area contributed by atoms with Gasteiger partial charge in [0, 0.05) is 26.6 Å². The van der Waals surface area contributed by atoms with Crippen LogP contribution in [-0.2, 0) is 4.79 Å². The summed E-state index contributed by atoms with van der Waals surface area (Å²) < 4.78 is 44.5. The first-order chi connectivity index (χ1) is 15.0. The summed E-state index contributed by atoms with van der Waals surface area (Å²) in [5.74, 6) is -0.714.